The predicted octanol–water partition coefficient (Wildman–Crippen LogP) is 6.13. The van der Waals surface area contributed by atoms with Crippen molar-refractivity contribution in [2.45, 2.75) is 24.4 Å². The van der Waals surface area contributed by atoms with Gasteiger partial charge < -0.3 is 5.32 Å². The molecule has 0 aliphatic rings. The lowest BCUT2D eigenvalue weighted by molar-refractivity contribution is 0.840. The average Bonchev–Trinajstić information content (AvgIpc) is 3.15. The number of thioether (sulfide) groups is 1. The summed E-state index contributed by atoms with van der Waals surface area (Å²) in [6, 6.07) is 26.4. The Morgan fingerprint density at radius 1 is 0.931 bits per heavy atom. The van der Waals surface area contributed by atoms with Gasteiger partial charge >= 0.3 is 0 Å². The number of hydrogen-bond donors (Lipinski definition) is 1. The van der Waals surface area contributed by atoms with Crippen LogP contribution < -0.4 is 5.32 Å². The van der Waals surface area contributed by atoms with Crippen LogP contribution in [0.25, 0.3) is 5.69 Å². The topological polar surface area (TPSA) is 42.7 Å². The molecule has 6 heteroatoms. The Morgan fingerprint density at radius 2 is 1.72 bits per heavy atom. The van der Waals surface area contributed by atoms with E-state index >= 15 is 0 Å². The molecule has 0 fully saturated rings. The van der Waals surface area contributed by atoms with E-state index in [1.165, 1.54) is 11.1 Å². The molecule has 0 atom stereocenters. The number of anilines is 1. The van der Waals surface area contributed by atoms with Crippen LogP contribution in [0.2, 0.25) is 5.02 Å². The first-order valence-corrected chi connectivity index (χ1v) is 10.7. The van der Waals surface area contributed by atoms with E-state index in [2.05, 4.69) is 57.3 Å². The summed E-state index contributed by atoms with van der Waals surface area (Å²) in [6.07, 6.45) is 0. The average molecular weight is 421 g/mol. The molecule has 4 nitrogen and oxygen atoms in total. The van der Waals surface area contributed by atoms with Gasteiger partial charge in [0.1, 0.15) is 0 Å². The number of rotatable bonds is 7. The van der Waals surface area contributed by atoms with E-state index in [0.717, 1.165) is 33.1 Å². The van der Waals surface area contributed by atoms with Gasteiger partial charge in [-0.2, -0.15) is 0 Å². The van der Waals surface area contributed by atoms with Crippen LogP contribution in [0.3, 0.4) is 0 Å². The molecule has 0 aliphatic heterocycles. The first kappa shape index (κ1) is 19.6. The third-order valence-electron chi connectivity index (χ3n) is 4.46. The molecule has 1 aromatic heterocycles. The van der Waals surface area contributed by atoms with Crippen molar-refractivity contribution in [2.75, 3.05) is 5.32 Å². The van der Waals surface area contributed by atoms with E-state index in [1.807, 2.05) is 48.5 Å². The standard InChI is InChI=1S/C23H21ClN4S/c1-17-6-5-7-20(14-17)25-15-22-26-27-23(28(22)21-8-3-2-4-9-21)29-16-18-10-12-19(24)13-11-18/h2-14,25H,15-16H2,1H3. The Morgan fingerprint density at radius 3 is 2.48 bits per heavy atom. The molecule has 0 saturated carbocycles. The van der Waals surface area contributed by atoms with E-state index in [-0.39, 0.29) is 0 Å². The second kappa shape index (κ2) is 9.16. The zero-order valence-corrected chi connectivity index (χ0v) is 17.6. The zero-order valence-electron chi connectivity index (χ0n) is 16.0. The molecule has 0 amide bonds. The highest BCUT2D eigenvalue weighted by atomic mass is 35.5. The van der Waals surface area contributed by atoms with E-state index in [1.54, 1.807) is 11.8 Å². The summed E-state index contributed by atoms with van der Waals surface area (Å²) >= 11 is 7.66. The van der Waals surface area contributed by atoms with Crippen molar-refractivity contribution in [1.29, 1.82) is 0 Å². The lowest BCUT2D eigenvalue weighted by Crippen LogP contribution is -2.08. The number of para-hydroxylation sites is 1. The van der Waals surface area contributed by atoms with Crippen molar-refractivity contribution in [3.05, 3.63) is 101 Å². The molecule has 0 saturated heterocycles. The van der Waals surface area contributed by atoms with Crippen molar-refractivity contribution in [1.82, 2.24) is 14.8 Å². The summed E-state index contributed by atoms with van der Waals surface area (Å²) in [4.78, 5) is 0. The van der Waals surface area contributed by atoms with E-state index in [9.17, 15) is 0 Å². The van der Waals surface area contributed by atoms with Gasteiger partial charge in [0.2, 0.25) is 0 Å². The minimum atomic E-state index is 0.590. The van der Waals surface area contributed by atoms with Crippen LogP contribution in [-0.4, -0.2) is 14.8 Å². The quantitative estimate of drug-likeness (QED) is 0.365. The Balaban J connectivity index is 1.57. The van der Waals surface area contributed by atoms with Crippen LogP contribution in [0.1, 0.15) is 17.0 Å². The fourth-order valence-corrected chi connectivity index (χ4v) is 4.06. The number of nitrogens with zero attached hydrogens (tertiary/aromatic N) is 3. The van der Waals surface area contributed by atoms with Crippen molar-refractivity contribution >= 4 is 29.1 Å². The van der Waals surface area contributed by atoms with Crippen molar-refractivity contribution in [3.63, 3.8) is 0 Å². The molecule has 0 unspecified atom stereocenters. The Bertz CT molecular complexity index is 1080. The molecule has 29 heavy (non-hydrogen) atoms. The van der Waals surface area contributed by atoms with Crippen LogP contribution in [0.4, 0.5) is 5.69 Å². The normalized spacial score (nSPS) is 10.8. The van der Waals surface area contributed by atoms with Crippen LogP contribution in [0, 0.1) is 6.92 Å². The maximum Gasteiger partial charge on any atom is 0.196 e. The third-order valence-corrected chi connectivity index (χ3v) is 5.72. The van der Waals surface area contributed by atoms with Crippen LogP contribution >= 0.6 is 23.4 Å². The van der Waals surface area contributed by atoms with Gasteiger partial charge in [-0.3, -0.25) is 4.57 Å². The Kier molecular flexibility index (Phi) is 6.17. The molecular formula is C23H21ClN4S. The zero-order chi connectivity index (χ0) is 20.1. The largest absolute Gasteiger partial charge is 0.378 e. The van der Waals surface area contributed by atoms with E-state index in [4.69, 9.17) is 11.6 Å². The smallest absolute Gasteiger partial charge is 0.196 e. The van der Waals surface area contributed by atoms with Crippen LogP contribution in [0.5, 0.6) is 0 Å². The maximum absolute atomic E-state index is 5.99. The van der Waals surface area contributed by atoms with E-state index < -0.39 is 0 Å². The summed E-state index contributed by atoms with van der Waals surface area (Å²) in [5.41, 5.74) is 4.54. The van der Waals surface area contributed by atoms with Gasteiger partial charge in [-0.1, -0.05) is 65.8 Å². The lowest BCUT2D eigenvalue weighted by atomic mass is 10.2. The summed E-state index contributed by atoms with van der Waals surface area (Å²) < 4.78 is 2.11. The monoisotopic (exact) mass is 420 g/mol. The summed E-state index contributed by atoms with van der Waals surface area (Å²) in [6.45, 7) is 2.68. The minimum Gasteiger partial charge on any atom is -0.378 e. The summed E-state index contributed by atoms with van der Waals surface area (Å²) in [5, 5.41) is 14.0. The first-order chi connectivity index (χ1) is 14.2. The Labute approximate surface area is 180 Å². The molecule has 0 aliphatic carbocycles. The van der Waals surface area contributed by atoms with E-state index in [0.29, 0.717) is 6.54 Å². The van der Waals surface area contributed by atoms with Crippen LogP contribution in [-0.2, 0) is 12.3 Å². The lowest BCUT2D eigenvalue weighted by Gasteiger charge is -2.12. The molecule has 146 valence electrons. The predicted molar refractivity (Wildman–Crippen MR) is 121 cm³/mol. The molecule has 0 spiro atoms. The van der Waals surface area contributed by atoms with Crippen molar-refractivity contribution in [3.8, 4) is 5.69 Å². The number of aromatic nitrogens is 3. The molecule has 0 bridgehead atoms. The highest BCUT2D eigenvalue weighted by Gasteiger charge is 2.14. The van der Waals surface area contributed by atoms with Gasteiger partial charge in [-0.05, 0) is 54.4 Å². The highest BCUT2D eigenvalue weighted by molar-refractivity contribution is 7.98. The van der Waals surface area contributed by atoms with Gasteiger partial charge in [0.05, 0.1) is 6.54 Å². The van der Waals surface area contributed by atoms with Gasteiger partial charge in [0, 0.05) is 22.2 Å². The maximum atomic E-state index is 5.99. The molecule has 0 radical (unpaired) electrons. The second-order valence-electron chi connectivity index (χ2n) is 6.71. The highest BCUT2D eigenvalue weighted by Crippen LogP contribution is 2.26. The first-order valence-electron chi connectivity index (χ1n) is 9.36. The number of benzene rings is 3. The van der Waals surface area contributed by atoms with Gasteiger partial charge in [-0.15, -0.1) is 10.2 Å². The molecule has 4 aromatic rings. The number of aryl methyl sites for hydroxylation is 1. The minimum absolute atomic E-state index is 0.590. The molecular weight excluding hydrogens is 400 g/mol. The fraction of sp³-hybridized carbons (Fsp3) is 0.130. The van der Waals surface area contributed by atoms with Gasteiger partial charge in [0.15, 0.2) is 11.0 Å². The summed E-state index contributed by atoms with van der Waals surface area (Å²) in [5.74, 6) is 1.67. The third kappa shape index (κ3) is 5.00. The molecule has 1 heterocycles. The molecule has 4 rings (SSSR count). The molecule has 1 N–H and O–H groups in total. The fourth-order valence-electron chi connectivity index (χ4n) is 3.01. The molecule has 3 aromatic carbocycles. The summed E-state index contributed by atoms with van der Waals surface area (Å²) in [7, 11) is 0. The van der Waals surface area contributed by atoms with Gasteiger partial charge in [-0.25, -0.2) is 0 Å². The SMILES string of the molecule is Cc1cccc(NCc2nnc(SCc3ccc(Cl)cc3)n2-c2ccccc2)c1. The number of hydrogen-bond acceptors (Lipinski definition) is 4. The van der Waals surface area contributed by atoms with Crippen molar-refractivity contribution in [2.24, 2.45) is 0 Å². The number of nitrogens with one attached hydrogen (secondary N) is 1. The Hall–Kier alpha value is -2.76. The second-order valence-corrected chi connectivity index (χ2v) is 8.09. The van der Waals surface area contributed by atoms with Crippen LogP contribution in [0.15, 0.2) is 84.0 Å². The number of halogens is 1. The van der Waals surface area contributed by atoms with Gasteiger partial charge in [0.25, 0.3) is 0 Å². The van der Waals surface area contributed by atoms with Crippen molar-refractivity contribution < 1.29 is 0 Å².